The van der Waals surface area contributed by atoms with E-state index in [9.17, 15) is 0 Å². The molecule has 0 radical (unpaired) electrons. The highest BCUT2D eigenvalue weighted by molar-refractivity contribution is 7.00. The van der Waals surface area contributed by atoms with Gasteiger partial charge < -0.3 is 14.2 Å². The molecule has 3 nitrogen and oxygen atoms in total. The van der Waals surface area contributed by atoms with Gasteiger partial charge in [0.2, 0.25) is 0 Å². The molecule has 0 N–H and O–H groups in total. The van der Waals surface area contributed by atoms with Crippen LogP contribution in [-0.4, -0.2) is 6.71 Å². The molecule has 9 aromatic rings. The Morgan fingerprint density at radius 1 is 0.408 bits per heavy atom. The first-order chi connectivity index (χ1) is 33.8. The monoisotopic (exact) mass is 925 g/mol. The Labute approximate surface area is 421 Å². The van der Waals surface area contributed by atoms with Crippen molar-refractivity contribution in [2.75, 3.05) is 9.80 Å². The summed E-state index contributed by atoms with van der Waals surface area (Å²) < 4.78 is 6.87. The quantitative estimate of drug-likeness (QED) is 0.165. The van der Waals surface area contributed by atoms with Gasteiger partial charge in [0.1, 0.15) is 11.2 Å². The average Bonchev–Trinajstić information content (AvgIpc) is 3.69. The molecule has 0 saturated carbocycles. The van der Waals surface area contributed by atoms with Crippen molar-refractivity contribution in [2.24, 2.45) is 0 Å². The van der Waals surface area contributed by atoms with Crippen LogP contribution in [0.15, 0.2) is 138 Å². The van der Waals surface area contributed by atoms with E-state index in [1.807, 2.05) is 0 Å². The minimum absolute atomic E-state index is 0.0238. The van der Waals surface area contributed by atoms with Crippen molar-refractivity contribution in [1.82, 2.24) is 0 Å². The number of rotatable bonds is 3. The van der Waals surface area contributed by atoms with Crippen molar-refractivity contribution in [1.29, 1.82) is 0 Å². The number of hydrogen-bond donors (Lipinski definition) is 0. The molecule has 0 amide bonds. The average molecular weight is 925 g/mol. The van der Waals surface area contributed by atoms with Crippen LogP contribution in [0.2, 0.25) is 0 Å². The highest BCUT2D eigenvalue weighted by Crippen LogP contribution is 2.55. The molecular weight excluding hydrogens is 860 g/mol. The van der Waals surface area contributed by atoms with Crippen LogP contribution in [0.4, 0.5) is 34.1 Å². The summed E-state index contributed by atoms with van der Waals surface area (Å²) in [5.41, 5.74) is 30.4. The fraction of sp³-hybridized carbons (Fsp3) is 0.284. The molecule has 0 unspecified atom stereocenters. The molecule has 0 fully saturated rings. The van der Waals surface area contributed by atoms with Gasteiger partial charge in [0.15, 0.2) is 0 Å². The van der Waals surface area contributed by atoms with Crippen LogP contribution in [0.1, 0.15) is 129 Å². The van der Waals surface area contributed by atoms with Crippen LogP contribution in [0.5, 0.6) is 0 Å². The summed E-state index contributed by atoms with van der Waals surface area (Å²) in [7, 11) is 0. The van der Waals surface area contributed by atoms with E-state index < -0.39 is 0 Å². The lowest BCUT2D eigenvalue weighted by Crippen LogP contribution is -2.62. The number of para-hydroxylation sites is 2. The van der Waals surface area contributed by atoms with Crippen LogP contribution in [-0.2, 0) is 21.7 Å². The summed E-state index contributed by atoms with van der Waals surface area (Å²) in [5, 5.41) is 2.28. The normalized spacial score (nSPS) is 17.3. The van der Waals surface area contributed by atoms with E-state index >= 15 is 0 Å². The molecule has 0 bridgehead atoms. The lowest BCUT2D eigenvalue weighted by molar-refractivity contribution is 0.332. The van der Waals surface area contributed by atoms with Gasteiger partial charge >= 0.3 is 0 Å². The Morgan fingerprint density at radius 2 is 0.944 bits per heavy atom. The molecular formula is C67H65BN2O. The van der Waals surface area contributed by atoms with Crippen LogP contribution >= 0.6 is 0 Å². The van der Waals surface area contributed by atoms with Gasteiger partial charge in [0, 0.05) is 55.7 Å². The summed E-state index contributed by atoms with van der Waals surface area (Å²) in [6, 6.07) is 51.9. The molecule has 0 saturated heterocycles. The van der Waals surface area contributed by atoms with Gasteiger partial charge in [0.25, 0.3) is 6.71 Å². The third kappa shape index (κ3) is 6.09. The van der Waals surface area contributed by atoms with Crippen molar-refractivity contribution in [3.8, 4) is 11.1 Å². The number of anilines is 6. The second kappa shape index (κ2) is 14.7. The van der Waals surface area contributed by atoms with Gasteiger partial charge in [-0.1, -0.05) is 146 Å². The Kier molecular flexibility index (Phi) is 9.12. The van der Waals surface area contributed by atoms with Gasteiger partial charge in [-0.3, -0.25) is 0 Å². The smallest absolute Gasteiger partial charge is 0.252 e. The number of hydrogen-bond acceptors (Lipinski definition) is 3. The second-order valence-corrected chi connectivity index (χ2v) is 24.3. The Morgan fingerprint density at radius 3 is 1.61 bits per heavy atom. The molecule has 0 atom stereocenters. The second-order valence-electron chi connectivity index (χ2n) is 24.3. The topological polar surface area (TPSA) is 19.6 Å². The third-order valence-electron chi connectivity index (χ3n) is 18.1. The Hall–Kier alpha value is -6.78. The van der Waals surface area contributed by atoms with E-state index in [2.05, 4.69) is 233 Å². The number of fused-ring (bicyclic) bond motifs is 10. The molecule has 2 aliphatic heterocycles. The van der Waals surface area contributed by atoms with Crippen molar-refractivity contribution < 1.29 is 4.42 Å². The molecule has 71 heavy (non-hydrogen) atoms. The van der Waals surface area contributed by atoms with Crippen molar-refractivity contribution in [2.45, 2.75) is 125 Å². The van der Waals surface area contributed by atoms with Crippen molar-refractivity contribution in [3.63, 3.8) is 0 Å². The molecule has 352 valence electrons. The fourth-order valence-electron chi connectivity index (χ4n) is 14.2. The van der Waals surface area contributed by atoms with Crippen LogP contribution in [0.25, 0.3) is 33.1 Å². The van der Waals surface area contributed by atoms with Gasteiger partial charge in [-0.05, 0) is 190 Å². The summed E-state index contributed by atoms with van der Waals surface area (Å²) in [6.07, 6.45) is 2.33. The maximum atomic E-state index is 6.87. The SMILES string of the molecule is Cc1cc(C)c(-c2cc3c4c(c2)N(c2ccccc2C)c2cc5c(cc2B4c2cc4c(cc2N3c2cc3c(cc2C)C(C)(C)CCC3(C)C)C(C)(C)c2ccccc2C4(C)C)oc2ccccc25)c(C)c1. The Balaban J connectivity index is 1.22. The van der Waals surface area contributed by atoms with E-state index in [0.717, 1.165) is 28.4 Å². The highest BCUT2D eigenvalue weighted by atomic mass is 16.3. The third-order valence-corrected chi connectivity index (χ3v) is 18.1. The zero-order chi connectivity index (χ0) is 49.4. The maximum absolute atomic E-state index is 6.87. The van der Waals surface area contributed by atoms with Gasteiger partial charge in [0.05, 0.1) is 0 Å². The van der Waals surface area contributed by atoms with Gasteiger partial charge in [-0.2, -0.15) is 0 Å². The van der Waals surface area contributed by atoms with Gasteiger partial charge in [-0.15, -0.1) is 0 Å². The minimum atomic E-state index is -0.241. The van der Waals surface area contributed by atoms with Crippen LogP contribution in [0.3, 0.4) is 0 Å². The minimum Gasteiger partial charge on any atom is -0.456 e. The standard InChI is InChI=1S/C67H65BN2O/c1-38-28-41(4)62(42(5)29-38)43-31-58-63-59(32-43)70(55-35-49-48(30-40(55)3)64(6,7)26-27-65(49,8)9)57-36-51-50(66(10,11)46-22-16-17-23-47(46)67(51,12)13)34-52(57)68(63)53-37-61-45(44-21-15-19-25-60(44)71-61)33-56(53)69(58)54-24-18-14-20-39(54)2/h14-25,28-37H,26-27H2,1-13H3. The predicted octanol–water partition coefficient (Wildman–Crippen LogP) is 16.2. The molecule has 13 rings (SSSR count). The summed E-state index contributed by atoms with van der Waals surface area (Å²) >= 11 is 0. The number of furan rings is 1. The molecule has 4 aliphatic rings. The highest BCUT2D eigenvalue weighted by Gasteiger charge is 2.49. The lowest BCUT2D eigenvalue weighted by atomic mass is 9.33. The largest absolute Gasteiger partial charge is 0.456 e. The number of nitrogens with zero attached hydrogens (tertiary/aromatic N) is 2. The van der Waals surface area contributed by atoms with Crippen molar-refractivity contribution in [3.05, 3.63) is 195 Å². The molecule has 4 heteroatoms. The first-order valence-corrected chi connectivity index (χ1v) is 26.1. The Bertz CT molecular complexity index is 3780. The zero-order valence-electron chi connectivity index (χ0n) is 44.0. The van der Waals surface area contributed by atoms with E-state index in [0.29, 0.717) is 0 Å². The molecule has 3 heterocycles. The summed E-state index contributed by atoms with van der Waals surface area (Å²) in [5.74, 6) is 0. The fourth-order valence-corrected chi connectivity index (χ4v) is 14.2. The lowest BCUT2D eigenvalue weighted by Gasteiger charge is -2.49. The molecule has 0 spiro atoms. The predicted molar refractivity (Wildman–Crippen MR) is 303 cm³/mol. The maximum Gasteiger partial charge on any atom is 0.252 e. The molecule has 1 aromatic heterocycles. The molecule has 2 aliphatic carbocycles. The number of benzene rings is 8. The van der Waals surface area contributed by atoms with E-state index in [-0.39, 0.29) is 28.4 Å². The van der Waals surface area contributed by atoms with Crippen LogP contribution < -0.4 is 26.2 Å². The summed E-state index contributed by atoms with van der Waals surface area (Å²) in [6.45, 7) is 31.1. The van der Waals surface area contributed by atoms with Crippen LogP contribution in [0, 0.1) is 34.6 Å². The van der Waals surface area contributed by atoms with E-state index in [1.54, 1.807) is 0 Å². The first kappa shape index (κ1) is 44.2. The van der Waals surface area contributed by atoms with E-state index in [4.69, 9.17) is 4.42 Å². The molecule has 8 aromatic carbocycles. The zero-order valence-corrected chi connectivity index (χ0v) is 44.0. The first-order valence-electron chi connectivity index (χ1n) is 26.1. The van der Waals surface area contributed by atoms with Crippen molar-refractivity contribution >= 4 is 79.2 Å². The summed E-state index contributed by atoms with van der Waals surface area (Å²) in [4.78, 5) is 5.34. The van der Waals surface area contributed by atoms with Gasteiger partial charge in [-0.25, -0.2) is 0 Å². The van der Waals surface area contributed by atoms with E-state index in [1.165, 1.54) is 129 Å². The number of aryl methyl sites for hydroxylation is 5.